The summed E-state index contributed by atoms with van der Waals surface area (Å²) in [6, 6.07) is 3.98. The number of nitrogens with one attached hydrogen (secondary N) is 1. The third kappa shape index (κ3) is 1.77. The number of aromatic hydroxyl groups is 1. The van der Waals surface area contributed by atoms with Gasteiger partial charge in [-0.15, -0.1) is 0 Å². The Morgan fingerprint density at radius 2 is 2.00 bits per heavy atom. The first-order valence-electron chi connectivity index (χ1n) is 4.09. The van der Waals surface area contributed by atoms with Gasteiger partial charge < -0.3 is 10.4 Å². The number of hydrogen-bond acceptors (Lipinski definition) is 2. The minimum atomic E-state index is 0.412. The molecule has 0 aliphatic heterocycles. The van der Waals surface area contributed by atoms with Gasteiger partial charge in [0.05, 0.1) is 0 Å². The molecule has 0 amide bonds. The van der Waals surface area contributed by atoms with Crippen molar-refractivity contribution in [2.45, 2.75) is 20.4 Å². The fourth-order valence-corrected chi connectivity index (χ4v) is 1.37. The molecule has 1 rings (SSSR count). The molecular weight excluding hydrogens is 150 g/mol. The van der Waals surface area contributed by atoms with Crippen molar-refractivity contribution in [2.24, 2.45) is 0 Å². The topological polar surface area (TPSA) is 32.3 Å². The average Bonchev–Trinajstić information content (AvgIpc) is 2.00. The monoisotopic (exact) mass is 165 g/mol. The Balaban J connectivity index is 3.09. The fourth-order valence-electron chi connectivity index (χ4n) is 1.37. The van der Waals surface area contributed by atoms with Crippen molar-refractivity contribution in [2.75, 3.05) is 7.05 Å². The highest BCUT2D eigenvalue weighted by Crippen LogP contribution is 2.23. The highest BCUT2D eigenvalue weighted by molar-refractivity contribution is 5.42. The molecule has 0 aliphatic rings. The zero-order valence-corrected chi connectivity index (χ0v) is 7.81. The van der Waals surface area contributed by atoms with E-state index in [2.05, 4.69) is 5.32 Å². The first-order chi connectivity index (χ1) is 5.65. The van der Waals surface area contributed by atoms with Crippen molar-refractivity contribution in [3.8, 4) is 5.75 Å². The normalized spacial score (nSPS) is 10.2. The SMILES string of the molecule is CNCc1cc(C)cc(C)c1O. The summed E-state index contributed by atoms with van der Waals surface area (Å²) in [6.45, 7) is 4.67. The van der Waals surface area contributed by atoms with Crippen LogP contribution in [0.25, 0.3) is 0 Å². The van der Waals surface area contributed by atoms with Crippen molar-refractivity contribution in [1.82, 2.24) is 5.32 Å². The number of phenols is 1. The fraction of sp³-hybridized carbons (Fsp3) is 0.400. The molecule has 0 saturated heterocycles. The summed E-state index contributed by atoms with van der Waals surface area (Å²) in [7, 11) is 1.87. The summed E-state index contributed by atoms with van der Waals surface area (Å²) in [5.74, 6) is 0.412. The molecule has 66 valence electrons. The summed E-state index contributed by atoms with van der Waals surface area (Å²) in [5.41, 5.74) is 3.10. The summed E-state index contributed by atoms with van der Waals surface area (Å²) in [6.07, 6.45) is 0. The van der Waals surface area contributed by atoms with Crippen molar-refractivity contribution < 1.29 is 5.11 Å². The molecular formula is C10H15NO. The summed E-state index contributed by atoms with van der Waals surface area (Å²) < 4.78 is 0. The maximum Gasteiger partial charge on any atom is 0.122 e. The van der Waals surface area contributed by atoms with Crippen molar-refractivity contribution in [3.63, 3.8) is 0 Å². The second-order valence-electron chi connectivity index (χ2n) is 3.12. The predicted octanol–water partition coefficient (Wildman–Crippen LogP) is 1.73. The molecule has 0 spiro atoms. The van der Waals surface area contributed by atoms with Gasteiger partial charge in [-0.1, -0.05) is 17.7 Å². The number of phenolic OH excluding ortho intramolecular Hbond substituents is 1. The summed E-state index contributed by atoms with van der Waals surface area (Å²) in [4.78, 5) is 0. The van der Waals surface area contributed by atoms with Crippen LogP contribution in [0.3, 0.4) is 0 Å². The molecule has 0 aliphatic carbocycles. The van der Waals surface area contributed by atoms with E-state index in [1.807, 2.05) is 33.0 Å². The third-order valence-electron chi connectivity index (χ3n) is 1.89. The molecule has 0 bridgehead atoms. The standard InChI is InChI=1S/C10H15NO/c1-7-4-8(2)10(12)9(5-7)6-11-3/h4-5,11-12H,6H2,1-3H3. The lowest BCUT2D eigenvalue weighted by molar-refractivity contribution is 0.461. The molecule has 0 fully saturated rings. The van der Waals surface area contributed by atoms with E-state index >= 15 is 0 Å². The number of rotatable bonds is 2. The average molecular weight is 165 g/mol. The largest absolute Gasteiger partial charge is 0.507 e. The Labute approximate surface area is 73.2 Å². The lowest BCUT2D eigenvalue weighted by Gasteiger charge is -2.07. The van der Waals surface area contributed by atoms with Gasteiger partial charge in [-0.3, -0.25) is 0 Å². The molecule has 2 N–H and O–H groups in total. The van der Waals surface area contributed by atoms with E-state index in [4.69, 9.17) is 0 Å². The van der Waals surface area contributed by atoms with Crippen LogP contribution in [0.5, 0.6) is 5.75 Å². The van der Waals surface area contributed by atoms with E-state index in [1.54, 1.807) is 0 Å². The molecule has 0 unspecified atom stereocenters. The highest BCUT2D eigenvalue weighted by Gasteiger charge is 2.03. The highest BCUT2D eigenvalue weighted by atomic mass is 16.3. The van der Waals surface area contributed by atoms with Crippen LogP contribution in [0.4, 0.5) is 0 Å². The summed E-state index contributed by atoms with van der Waals surface area (Å²) in [5, 5.41) is 12.6. The molecule has 0 heterocycles. The maximum atomic E-state index is 9.61. The Morgan fingerprint density at radius 1 is 1.33 bits per heavy atom. The Bertz CT molecular complexity index is 281. The molecule has 0 atom stereocenters. The number of benzene rings is 1. The van der Waals surface area contributed by atoms with E-state index < -0.39 is 0 Å². The zero-order chi connectivity index (χ0) is 9.14. The van der Waals surface area contributed by atoms with Gasteiger partial charge in [0.25, 0.3) is 0 Å². The van der Waals surface area contributed by atoms with Crippen LogP contribution in [0, 0.1) is 13.8 Å². The van der Waals surface area contributed by atoms with Crippen LogP contribution >= 0.6 is 0 Å². The smallest absolute Gasteiger partial charge is 0.122 e. The lowest BCUT2D eigenvalue weighted by Crippen LogP contribution is -2.05. The van der Waals surface area contributed by atoms with Gasteiger partial charge in [0.2, 0.25) is 0 Å². The predicted molar refractivity (Wildman–Crippen MR) is 50.3 cm³/mol. The van der Waals surface area contributed by atoms with E-state index in [1.165, 1.54) is 5.56 Å². The molecule has 1 aromatic carbocycles. The van der Waals surface area contributed by atoms with Gasteiger partial charge in [-0.05, 0) is 26.5 Å². The molecule has 2 heteroatoms. The Hall–Kier alpha value is -1.02. The quantitative estimate of drug-likeness (QED) is 0.699. The van der Waals surface area contributed by atoms with Crippen LogP contribution < -0.4 is 5.32 Å². The molecule has 2 nitrogen and oxygen atoms in total. The van der Waals surface area contributed by atoms with E-state index in [0.29, 0.717) is 12.3 Å². The maximum absolute atomic E-state index is 9.61. The Kier molecular flexibility index (Phi) is 2.71. The van der Waals surface area contributed by atoms with Gasteiger partial charge in [0.1, 0.15) is 5.75 Å². The van der Waals surface area contributed by atoms with Gasteiger partial charge in [0.15, 0.2) is 0 Å². The van der Waals surface area contributed by atoms with Crippen molar-refractivity contribution in [3.05, 3.63) is 28.8 Å². The van der Waals surface area contributed by atoms with E-state index in [-0.39, 0.29) is 0 Å². The number of hydrogen-bond donors (Lipinski definition) is 2. The molecule has 0 saturated carbocycles. The van der Waals surface area contributed by atoms with Gasteiger partial charge >= 0.3 is 0 Å². The third-order valence-corrected chi connectivity index (χ3v) is 1.89. The van der Waals surface area contributed by atoms with Crippen LogP contribution in [0.15, 0.2) is 12.1 Å². The lowest BCUT2D eigenvalue weighted by atomic mass is 10.1. The second-order valence-corrected chi connectivity index (χ2v) is 3.12. The first-order valence-corrected chi connectivity index (χ1v) is 4.09. The van der Waals surface area contributed by atoms with Gasteiger partial charge in [-0.25, -0.2) is 0 Å². The molecule has 12 heavy (non-hydrogen) atoms. The van der Waals surface area contributed by atoms with Gasteiger partial charge in [-0.2, -0.15) is 0 Å². The van der Waals surface area contributed by atoms with E-state index in [0.717, 1.165) is 11.1 Å². The van der Waals surface area contributed by atoms with E-state index in [9.17, 15) is 5.11 Å². The molecule has 0 aromatic heterocycles. The van der Waals surface area contributed by atoms with Crippen LogP contribution in [-0.2, 0) is 6.54 Å². The summed E-state index contributed by atoms with van der Waals surface area (Å²) >= 11 is 0. The minimum absolute atomic E-state index is 0.412. The number of aryl methyl sites for hydroxylation is 2. The van der Waals surface area contributed by atoms with Crippen LogP contribution in [-0.4, -0.2) is 12.2 Å². The van der Waals surface area contributed by atoms with Gasteiger partial charge in [0, 0.05) is 12.1 Å². The van der Waals surface area contributed by atoms with Crippen molar-refractivity contribution >= 4 is 0 Å². The first kappa shape index (κ1) is 9.07. The zero-order valence-electron chi connectivity index (χ0n) is 7.81. The van der Waals surface area contributed by atoms with Crippen molar-refractivity contribution in [1.29, 1.82) is 0 Å². The Morgan fingerprint density at radius 3 is 2.58 bits per heavy atom. The molecule has 1 aromatic rings. The van der Waals surface area contributed by atoms with Crippen LogP contribution in [0.1, 0.15) is 16.7 Å². The molecule has 0 radical (unpaired) electrons. The van der Waals surface area contributed by atoms with Crippen LogP contribution in [0.2, 0.25) is 0 Å². The minimum Gasteiger partial charge on any atom is -0.507 e. The second kappa shape index (κ2) is 3.59.